The molecule has 2 aromatic carbocycles. The highest BCUT2D eigenvalue weighted by Gasteiger charge is 2.32. The van der Waals surface area contributed by atoms with Crippen LogP contribution >= 0.6 is 0 Å². The molecule has 9 heteroatoms. The molecular formula is C19H22N2O5S2. The lowest BCUT2D eigenvalue weighted by Crippen LogP contribution is -2.49. The van der Waals surface area contributed by atoms with Gasteiger partial charge in [-0.15, -0.1) is 0 Å². The van der Waals surface area contributed by atoms with Crippen LogP contribution in [0.4, 0.5) is 0 Å². The molecule has 0 spiro atoms. The van der Waals surface area contributed by atoms with Gasteiger partial charge in [0.15, 0.2) is 0 Å². The quantitative estimate of drug-likeness (QED) is 0.711. The van der Waals surface area contributed by atoms with E-state index in [1.165, 1.54) is 33.9 Å². The first kappa shape index (κ1) is 20.5. The van der Waals surface area contributed by atoms with Crippen molar-refractivity contribution in [3.63, 3.8) is 0 Å². The van der Waals surface area contributed by atoms with E-state index in [0.717, 1.165) is 11.0 Å². The van der Waals surface area contributed by atoms with E-state index >= 15 is 0 Å². The van der Waals surface area contributed by atoms with E-state index in [1.54, 1.807) is 12.1 Å². The normalized spacial score (nSPS) is 17.0. The van der Waals surface area contributed by atoms with E-state index in [-0.39, 0.29) is 31.1 Å². The SMILES string of the molecule is COc1ccc(S(=O)(=O)N2CCN(S(=O)(=O)/C=C/c3ccccc3)CC2)cc1. The molecule has 0 N–H and O–H groups in total. The smallest absolute Gasteiger partial charge is 0.243 e. The predicted molar refractivity (Wildman–Crippen MR) is 108 cm³/mol. The molecule has 1 aliphatic heterocycles. The number of rotatable bonds is 6. The van der Waals surface area contributed by atoms with Gasteiger partial charge in [-0.3, -0.25) is 0 Å². The topological polar surface area (TPSA) is 84.0 Å². The molecule has 2 aromatic rings. The number of sulfonamides is 2. The van der Waals surface area contributed by atoms with Gasteiger partial charge >= 0.3 is 0 Å². The van der Waals surface area contributed by atoms with Crippen molar-refractivity contribution >= 4 is 26.1 Å². The Morgan fingerprint density at radius 2 is 1.39 bits per heavy atom. The molecule has 0 atom stereocenters. The van der Waals surface area contributed by atoms with Crippen LogP contribution in [0.25, 0.3) is 6.08 Å². The van der Waals surface area contributed by atoms with Crippen LogP contribution in [-0.4, -0.2) is 58.7 Å². The molecule has 0 bridgehead atoms. The number of benzene rings is 2. The number of hydrogen-bond acceptors (Lipinski definition) is 5. The van der Waals surface area contributed by atoms with E-state index in [9.17, 15) is 16.8 Å². The zero-order valence-electron chi connectivity index (χ0n) is 15.4. The lowest BCUT2D eigenvalue weighted by molar-refractivity contribution is 0.275. The van der Waals surface area contributed by atoms with Gasteiger partial charge in [0.1, 0.15) is 5.75 Å². The fourth-order valence-electron chi connectivity index (χ4n) is 2.88. The Bertz CT molecular complexity index is 1030. The van der Waals surface area contributed by atoms with Gasteiger partial charge in [0.05, 0.1) is 12.0 Å². The lowest BCUT2D eigenvalue weighted by Gasteiger charge is -2.32. The van der Waals surface area contributed by atoms with Gasteiger partial charge in [0.25, 0.3) is 0 Å². The standard InChI is InChI=1S/C19H22N2O5S2/c1-26-18-7-9-19(10-8-18)28(24,25)21-14-12-20(13-15-21)27(22,23)16-11-17-5-3-2-4-6-17/h2-11,16H,12-15H2,1H3/b16-11+. The monoisotopic (exact) mass is 422 g/mol. The van der Waals surface area contributed by atoms with Crippen molar-refractivity contribution in [2.75, 3.05) is 33.3 Å². The van der Waals surface area contributed by atoms with Crippen LogP contribution in [0.1, 0.15) is 5.56 Å². The van der Waals surface area contributed by atoms with Crippen LogP contribution in [0.5, 0.6) is 5.75 Å². The fraction of sp³-hybridized carbons (Fsp3) is 0.263. The van der Waals surface area contributed by atoms with Crippen molar-refractivity contribution in [2.24, 2.45) is 0 Å². The maximum Gasteiger partial charge on any atom is 0.243 e. The van der Waals surface area contributed by atoms with Crippen LogP contribution in [0, 0.1) is 0 Å². The van der Waals surface area contributed by atoms with E-state index in [2.05, 4.69) is 0 Å². The van der Waals surface area contributed by atoms with Gasteiger partial charge < -0.3 is 4.74 Å². The van der Waals surface area contributed by atoms with Crippen molar-refractivity contribution in [3.05, 3.63) is 65.6 Å². The number of nitrogens with zero attached hydrogens (tertiary/aromatic N) is 2. The van der Waals surface area contributed by atoms with Gasteiger partial charge in [0.2, 0.25) is 20.0 Å². The van der Waals surface area contributed by atoms with Crippen LogP contribution in [-0.2, 0) is 20.0 Å². The van der Waals surface area contributed by atoms with Gasteiger partial charge in [-0.1, -0.05) is 30.3 Å². The molecule has 7 nitrogen and oxygen atoms in total. The minimum atomic E-state index is -3.67. The molecular weight excluding hydrogens is 400 g/mol. The largest absolute Gasteiger partial charge is 0.497 e. The van der Waals surface area contributed by atoms with Crippen LogP contribution in [0.3, 0.4) is 0 Å². The summed E-state index contributed by atoms with van der Waals surface area (Å²) in [5.74, 6) is 0.570. The first-order valence-electron chi connectivity index (χ1n) is 8.70. The Labute approximate surface area is 166 Å². The van der Waals surface area contributed by atoms with Crippen LogP contribution < -0.4 is 4.74 Å². The second-order valence-electron chi connectivity index (χ2n) is 6.24. The van der Waals surface area contributed by atoms with E-state index in [0.29, 0.717) is 5.75 Å². The Morgan fingerprint density at radius 1 is 0.821 bits per heavy atom. The van der Waals surface area contributed by atoms with Crippen molar-refractivity contribution in [1.29, 1.82) is 0 Å². The summed E-state index contributed by atoms with van der Waals surface area (Å²) in [5.41, 5.74) is 0.784. The molecule has 0 unspecified atom stereocenters. The van der Waals surface area contributed by atoms with Crippen molar-refractivity contribution in [1.82, 2.24) is 8.61 Å². The first-order valence-corrected chi connectivity index (χ1v) is 11.6. The summed E-state index contributed by atoms with van der Waals surface area (Å²) in [6.07, 6.45) is 1.54. The second kappa shape index (κ2) is 8.44. The number of piperazine rings is 1. The molecule has 0 amide bonds. The Balaban J connectivity index is 1.67. The minimum absolute atomic E-state index is 0.104. The molecule has 0 aliphatic carbocycles. The summed E-state index contributed by atoms with van der Waals surface area (Å²) in [6, 6.07) is 15.3. The summed E-state index contributed by atoms with van der Waals surface area (Å²) in [5, 5.41) is 1.16. The number of hydrogen-bond donors (Lipinski definition) is 0. The van der Waals surface area contributed by atoms with Crippen molar-refractivity contribution < 1.29 is 21.6 Å². The van der Waals surface area contributed by atoms with Crippen LogP contribution in [0.2, 0.25) is 0 Å². The Morgan fingerprint density at radius 3 is 1.96 bits per heavy atom. The Kier molecular flexibility index (Phi) is 6.19. The number of ether oxygens (including phenoxy) is 1. The van der Waals surface area contributed by atoms with Crippen molar-refractivity contribution in [2.45, 2.75) is 4.90 Å². The molecule has 3 rings (SSSR count). The second-order valence-corrected chi connectivity index (χ2v) is 9.99. The zero-order valence-corrected chi connectivity index (χ0v) is 17.1. The van der Waals surface area contributed by atoms with E-state index in [1.807, 2.05) is 30.3 Å². The molecule has 0 radical (unpaired) electrons. The summed E-state index contributed by atoms with van der Waals surface area (Å²) >= 11 is 0. The highest BCUT2D eigenvalue weighted by molar-refractivity contribution is 7.92. The number of methoxy groups -OCH3 is 1. The average molecular weight is 423 g/mol. The van der Waals surface area contributed by atoms with Crippen molar-refractivity contribution in [3.8, 4) is 5.75 Å². The van der Waals surface area contributed by atoms with Gasteiger partial charge in [0, 0.05) is 31.6 Å². The third-order valence-electron chi connectivity index (χ3n) is 4.49. The fourth-order valence-corrected chi connectivity index (χ4v) is 5.47. The molecule has 150 valence electrons. The molecule has 1 heterocycles. The zero-order chi connectivity index (χ0) is 20.2. The maximum atomic E-state index is 12.8. The van der Waals surface area contributed by atoms with E-state index < -0.39 is 20.0 Å². The summed E-state index contributed by atoms with van der Waals surface area (Å²) in [6.45, 7) is 0.424. The maximum absolute atomic E-state index is 12.8. The highest BCUT2D eigenvalue weighted by Crippen LogP contribution is 2.21. The van der Waals surface area contributed by atoms with Gasteiger partial charge in [-0.05, 0) is 35.9 Å². The minimum Gasteiger partial charge on any atom is -0.497 e. The summed E-state index contributed by atoms with van der Waals surface area (Å²) in [7, 11) is -5.77. The molecule has 1 fully saturated rings. The molecule has 0 aromatic heterocycles. The predicted octanol–water partition coefficient (Wildman–Crippen LogP) is 2.00. The van der Waals surface area contributed by atoms with Gasteiger partial charge in [-0.25, -0.2) is 16.8 Å². The lowest BCUT2D eigenvalue weighted by atomic mass is 10.2. The third-order valence-corrected chi connectivity index (χ3v) is 7.96. The van der Waals surface area contributed by atoms with E-state index in [4.69, 9.17) is 4.74 Å². The Hall–Kier alpha value is -2.20. The highest BCUT2D eigenvalue weighted by atomic mass is 32.2. The van der Waals surface area contributed by atoms with Crippen LogP contribution in [0.15, 0.2) is 64.9 Å². The molecule has 0 saturated carbocycles. The van der Waals surface area contributed by atoms with Gasteiger partial charge in [-0.2, -0.15) is 8.61 Å². The molecule has 1 aliphatic rings. The molecule has 1 saturated heterocycles. The summed E-state index contributed by atoms with van der Waals surface area (Å²) < 4.78 is 58.2. The third kappa shape index (κ3) is 4.61. The summed E-state index contributed by atoms with van der Waals surface area (Å²) in [4.78, 5) is 0.161. The molecule has 28 heavy (non-hydrogen) atoms. The average Bonchev–Trinajstić information content (AvgIpc) is 2.73. The first-order chi connectivity index (χ1) is 13.3.